The van der Waals surface area contributed by atoms with E-state index in [2.05, 4.69) is 10.2 Å². The van der Waals surface area contributed by atoms with Gasteiger partial charge in [0.25, 0.3) is 5.91 Å². The average molecular weight is 230 g/mol. The van der Waals surface area contributed by atoms with Gasteiger partial charge in [0.1, 0.15) is 0 Å². The van der Waals surface area contributed by atoms with E-state index in [1.807, 2.05) is 20.8 Å². The molecule has 1 heterocycles. The average Bonchev–Trinajstić information content (AvgIpc) is 2.59. The van der Waals surface area contributed by atoms with E-state index in [0.717, 1.165) is 5.69 Å². The Morgan fingerprint density at radius 2 is 2.33 bits per heavy atom. The summed E-state index contributed by atoms with van der Waals surface area (Å²) < 4.78 is 0. The van der Waals surface area contributed by atoms with Gasteiger partial charge in [-0.2, -0.15) is 5.10 Å². The number of nitrogens with zero attached hydrogens (tertiary/aromatic N) is 2. The molecule has 1 aromatic rings. The van der Waals surface area contributed by atoms with Crippen LogP contribution in [0.25, 0.3) is 0 Å². The van der Waals surface area contributed by atoms with E-state index in [9.17, 15) is 4.79 Å². The van der Waals surface area contributed by atoms with Crippen molar-refractivity contribution >= 4 is 17.5 Å². The van der Waals surface area contributed by atoms with Crippen LogP contribution in [0.3, 0.4) is 0 Å². The van der Waals surface area contributed by atoms with Crippen molar-refractivity contribution < 1.29 is 4.79 Å². The summed E-state index contributed by atoms with van der Waals surface area (Å²) in [5.41, 5.74) is 1.41. The number of nitrogens with one attached hydrogen (secondary N) is 1. The summed E-state index contributed by atoms with van der Waals surface area (Å²) in [6.07, 6.45) is 1.56. The highest BCUT2D eigenvalue weighted by molar-refractivity contribution is 6.18. The lowest BCUT2D eigenvalue weighted by atomic mass is 10.2. The molecule has 0 atom stereocenters. The van der Waals surface area contributed by atoms with Crippen molar-refractivity contribution in [3.63, 3.8) is 0 Å². The number of aromatic nitrogens is 2. The van der Waals surface area contributed by atoms with E-state index in [-0.39, 0.29) is 11.9 Å². The van der Waals surface area contributed by atoms with Crippen molar-refractivity contribution in [2.45, 2.75) is 26.8 Å². The topological polar surface area (TPSA) is 49.0 Å². The van der Waals surface area contributed by atoms with Crippen LogP contribution in [0.5, 0.6) is 0 Å². The van der Waals surface area contributed by atoms with Crippen LogP contribution in [0.2, 0.25) is 0 Å². The monoisotopic (exact) mass is 229 g/mol. The Morgan fingerprint density at radius 3 is 2.73 bits per heavy atom. The molecule has 0 fully saturated rings. The SMILES string of the molecule is Cc1[nH]ncc1C(=O)N(CCCl)C(C)C. The van der Waals surface area contributed by atoms with Gasteiger partial charge in [0.2, 0.25) is 0 Å². The predicted octanol–water partition coefficient (Wildman–Crippen LogP) is 1.81. The van der Waals surface area contributed by atoms with Crippen molar-refractivity contribution in [3.8, 4) is 0 Å². The van der Waals surface area contributed by atoms with Crippen molar-refractivity contribution in [2.75, 3.05) is 12.4 Å². The maximum atomic E-state index is 12.1. The number of carbonyl (C=O) groups excluding carboxylic acids is 1. The Labute approximate surface area is 94.6 Å². The molecule has 0 aliphatic carbocycles. The number of hydrogen-bond donors (Lipinski definition) is 1. The van der Waals surface area contributed by atoms with Gasteiger partial charge in [-0.3, -0.25) is 9.89 Å². The minimum Gasteiger partial charge on any atom is -0.335 e. The van der Waals surface area contributed by atoms with Crippen molar-refractivity contribution in [1.82, 2.24) is 15.1 Å². The molecular weight excluding hydrogens is 214 g/mol. The summed E-state index contributed by atoms with van der Waals surface area (Å²) in [7, 11) is 0. The first-order chi connectivity index (χ1) is 7.07. The molecule has 0 aliphatic rings. The maximum absolute atomic E-state index is 12.1. The lowest BCUT2D eigenvalue weighted by Gasteiger charge is -2.25. The van der Waals surface area contributed by atoms with Gasteiger partial charge in [0.15, 0.2) is 0 Å². The number of carbonyl (C=O) groups is 1. The van der Waals surface area contributed by atoms with Crippen molar-refractivity contribution in [2.24, 2.45) is 0 Å². The van der Waals surface area contributed by atoms with E-state index in [1.54, 1.807) is 11.1 Å². The number of alkyl halides is 1. The number of amides is 1. The summed E-state index contributed by atoms with van der Waals surface area (Å²) in [5.74, 6) is 0.428. The second-order valence-electron chi connectivity index (χ2n) is 3.69. The standard InChI is InChI=1S/C10H16ClN3O/c1-7(2)14(5-4-11)10(15)9-6-12-13-8(9)3/h6-7H,4-5H2,1-3H3,(H,12,13). The fourth-order valence-electron chi connectivity index (χ4n) is 1.41. The van der Waals surface area contributed by atoms with Crippen LogP contribution in [0.4, 0.5) is 0 Å². The van der Waals surface area contributed by atoms with Gasteiger partial charge < -0.3 is 4.90 Å². The molecule has 1 rings (SSSR count). The smallest absolute Gasteiger partial charge is 0.257 e. The Bertz CT molecular complexity index is 335. The molecule has 1 aromatic heterocycles. The summed E-state index contributed by atoms with van der Waals surface area (Å²) >= 11 is 5.67. The summed E-state index contributed by atoms with van der Waals surface area (Å²) in [6, 6.07) is 0.144. The number of aromatic amines is 1. The Morgan fingerprint density at radius 1 is 1.67 bits per heavy atom. The molecule has 0 spiro atoms. The predicted molar refractivity (Wildman–Crippen MR) is 60.2 cm³/mol. The summed E-state index contributed by atoms with van der Waals surface area (Å²) in [4.78, 5) is 13.8. The lowest BCUT2D eigenvalue weighted by Crippen LogP contribution is -2.38. The molecule has 15 heavy (non-hydrogen) atoms. The van der Waals surface area contributed by atoms with E-state index >= 15 is 0 Å². The van der Waals surface area contributed by atoms with Gasteiger partial charge >= 0.3 is 0 Å². The van der Waals surface area contributed by atoms with Crippen LogP contribution >= 0.6 is 11.6 Å². The fourth-order valence-corrected chi connectivity index (χ4v) is 1.59. The first-order valence-corrected chi connectivity index (χ1v) is 5.48. The van der Waals surface area contributed by atoms with Gasteiger partial charge in [0, 0.05) is 24.2 Å². The van der Waals surface area contributed by atoms with Crippen LogP contribution < -0.4 is 0 Å². The van der Waals surface area contributed by atoms with Gasteiger partial charge in [0.05, 0.1) is 11.8 Å². The highest BCUT2D eigenvalue weighted by Crippen LogP contribution is 2.10. The molecule has 5 heteroatoms. The quantitative estimate of drug-likeness (QED) is 0.801. The molecule has 0 saturated carbocycles. The van der Waals surface area contributed by atoms with E-state index in [1.165, 1.54) is 0 Å². The van der Waals surface area contributed by atoms with Gasteiger partial charge in [-0.25, -0.2) is 0 Å². The molecule has 0 aliphatic heterocycles. The normalized spacial score (nSPS) is 10.7. The third-order valence-electron chi connectivity index (χ3n) is 2.27. The van der Waals surface area contributed by atoms with Crippen LogP contribution in [-0.2, 0) is 0 Å². The molecule has 4 nitrogen and oxygen atoms in total. The van der Waals surface area contributed by atoms with E-state index in [0.29, 0.717) is 18.0 Å². The highest BCUT2D eigenvalue weighted by Gasteiger charge is 2.20. The molecular formula is C10H16ClN3O. The first-order valence-electron chi connectivity index (χ1n) is 4.94. The zero-order valence-corrected chi connectivity index (χ0v) is 10.0. The third kappa shape index (κ3) is 2.72. The molecule has 1 amide bonds. The zero-order chi connectivity index (χ0) is 11.4. The second-order valence-corrected chi connectivity index (χ2v) is 4.07. The van der Waals surface area contributed by atoms with Gasteiger partial charge in [-0.05, 0) is 20.8 Å². The van der Waals surface area contributed by atoms with Crippen molar-refractivity contribution in [3.05, 3.63) is 17.5 Å². The van der Waals surface area contributed by atoms with Crippen molar-refractivity contribution in [1.29, 1.82) is 0 Å². The van der Waals surface area contributed by atoms with E-state index < -0.39 is 0 Å². The van der Waals surface area contributed by atoms with Gasteiger partial charge in [-0.15, -0.1) is 11.6 Å². The number of H-pyrrole nitrogens is 1. The number of rotatable bonds is 4. The molecule has 0 bridgehead atoms. The number of hydrogen-bond acceptors (Lipinski definition) is 2. The number of aryl methyl sites for hydroxylation is 1. The fraction of sp³-hybridized carbons (Fsp3) is 0.600. The minimum absolute atomic E-state index is 0.0168. The summed E-state index contributed by atoms with van der Waals surface area (Å²) in [6.45, 7) is 6.34. The molecule has 0 radical (unpaired) electrons. The lowest BCUT2D eigenvalue weighted by molar-refractivity contribution is 0.0717. The summed E-state index contributed by atoms with van der Waals surface area (Å²) in [5, 5.41) is 6.59. The Hall–Kier alpha value is -1.03. The molecule has 0 unspecified atom stereocenters. The minimum atomic E-state index is -0.0168. The van der Waals surface area contributed by atoms with Crippen LogP contribution in [-0.4, -0.2) is 39.5 Å². The van der Waals surface area contributed by atoms with Gasteiger partial charge in [-0.1, -0.05) is 0 Å². The van der Waals surface area contributed by atoms with Crippen LogP contribution in [0.1, 0.15) is 29.9 Å². The molecule has 0 aromatic carbocycles. The highest BCUT2D eigenvalue weighted by atomic mass is 35.5. The van der Waals surface area contributed by atoms with Crippen LogP contribution in [0, 0.1) is 6.92 Å². The third-order valence-corrected chi connectivity index (χ3v) is 2.44. The van der Waals surface area contributed by atoms with E-state index in [4.69, 9.17) is 11.6 Å². The molecule has 0 saturated heterocycles. The first kappa shape index (κ1) is 12.0. The number of halogens is 1. The zero-order valence-electron chi connectivity index (χ0n) is 9.25. The maximum Gasteiger partial charge on any atom is 0.257 e. The Kier molecular flexibility index (Phi) is 4.15. The Balaban J connectivity index is 2.86. The molecule has 1 N–H and O–H groups in total. The largest absolute Gasteiger partial charge is 0.335 e. The second kappa shape index (κ2) is 5.16. The van der Waals surface area contributed by atoms with Crippen LogP contribution in [0.15, 0.2) is 6.20 Å². The molecule has 84 valence electrons.